The first-order valence-corrected chi connectivity index (χ1v) is 6.81. The van der Waals surface area contributed by atoms with Gasteiger partial charge in [0.05, 0.1) is 6.54 Å². The molecule has 0 spiro atoms. The van der Waals surface area contributed by atoms with Crippen LogP contribution >= 0.6 is 0 Å². The van der Waals surface area contributed by atoms with Crippen molar-refractivity contribution in [3.8, 4) is 0 Å². The maximum Gasteiger partial charge on any atom is 0.137 e. The minimum atomic E-state index is 0.488. The standard InChI is InChI=1S/C15H22N4/c1-12(2)7-13(3)18-15-6-4-5-14(8-15)9-19-11-16-10-17-19/h4-6,8,10-13,18H,7,9H2,1-3H3. The van der Waals surface area contributed by atoms with Gasteiger partial charge in [0.2, 0.25) is 0 Å². The molecular weight excluding hydrogens is 236 g/mol. The van der Waals surface area contributed by atoms with E-state index in [4.69, 9.17) is 0 Å². The van der Waals surface area contributed by atoms with Crippen molar-refractivity contribution >= 4 is 5.69 Å². The summed E-state index contributed by atoms with van der Waals surface area (Å²) in [5, 5.41) is 7.67. The Morgan fingerprint density at radius 3 is 2.79 bits per heavy atom. The second-order valence-corrected chi connectivity index (χ2v) is 5.47. The predicted molar refractivity (Wildman–Crippen MR) is 78.1 cm³/mol. The summed E-state index contributed by atoms with van der Waals surface area (Å²) in [5.41, 5.74) is 2.40. The number of nitrogens with one attached hydrogen (secondary N) is 1. The van der Waals surface area contributed by atoms with Crippen LogP contribution in [0.2, 0.25) is 0 Å². The van der Waals surface area contributed by atoms with Crippen LogP contribution in [-0.4, -0.2) is 20.8 Å². The highest BCUT2D eigenvalue weighted by molar-refractivity contribution is 5.46. The van der Waals surface area contributed by atoms with E-state index in [-0.39, 0.29) is 0 Å². The Balaban J connectivity index is 1.98. The number of rotatable bonds is 6. The lowest BCUT2D eigenvalue weighted by molar-refractivity contribution is 0.540. The predicted octanol–water partition coefficient (Wildman–Crippen LogP) is 3.17. The van der Waals surface area contributed by atoms with Crippen LogP contribution in [0.3, 0.4) is 0 Å². The van der Waals surface area contributed by atoms with E-state index < -0.39 is 0 Å². The van der Waals surface area contributed by atoms with E-state index >= 15 is 0 Å². The molecule has 4 nitrogen and oxygen atoms in total. The summed E-state index contributed by atoms with van der Waals surface area (Å²) in [6.07, 6.45) is 4.47. The number of anilines is 1. The molecule has 2 rings (SSSR count). The minimum absolute atomic E-state index is 0.488. The lowest BCUT2D eigenvalue weighted by Crippen LogP contribution is -2.17. The van der Waals surface area contributed by atoms with Crippen molar-refractivity contribution in [3.63, 3.8) is 0 Å². The molecule has 1 unspecified atom stereocenters. The van der Waals surface area contributed by atoms with Crippen LogP contribution in [0, 0.1) is 5.92 Å². The first kappa shape index (κ1) is 13.6. The first-order chi connectivity index (χ1) is 9.13. The molecule has 1 heterocycles. The van der Waals surface area contributed by atoms with Crippen molar-refractivity contribution in [3.05, 3.63) is 42.5 Å². The molecule has 19 heavy (non-hydrogen) atoms. The molecule has 0 saturated heterocycles. The summed E-state index contributed by atoms with van der Waals surface area (Å²) in [6, 6.07) is 8.97. The van der Waals surface area contributed by atoms with Gasteiger partial charge in [-0.25, -0.2) is 9.67 Å². The lowest BCUT2D eigenvalue weighted by Gasteiger charge is -2.17. The zero-order valence-electron chi connectivity index (χ0n) is 11.9. The zero-order chi connectivity index (χ0) is 13.7. The lowest BCUT2D eigenvalue weighted by atomic mass is 10.0. The number of aromatic nitrogens is 3. The van der Waals surface area contributed by atoms with Crippen LogP contribution in [0.1, 0.15) is 32.8 Å². The zero-order valence-corrected chi connectivity index (χ0v) is 11.9. The van der Waals surface area contributed by atoms with E-state index in [2.05, 4.69) is 60.4 Å². The number of benzene rings is 1. The van der Waals surface area contributed by atoms with Gasteiger partial charge in [0, 0.05) is 11.7 Å². The molecule has 0 saturated carbocycles. The minimum Gasteiger partial charge on any atom is -0.383 e. The summed E-state index contributed by atoms with van der Waals surface area (Å²) in [6.45, 7) is 7.48. The van der Waals surface area contributed by atoms with Crippen molar-refractivity contribution in [1.29, 1.82) is 0 Å². The highest BCUT2D eigenvalue weighted by atomic mass is 15.3. The van der Waals surface area contributed by atoms with Crippen LogP contribution in [0.25, 0.3) is 0 Å². The summed E-state index contributed by atoms with van der Waals surface area (Å²) < 4.78 is 1.83. The van der Waals surface area contributed by atoms with Gasteiger partial charge < -0.3 is 5.32 Å². The third kappa shape index (κ3) is 4.39. The number of nitrogens with zero attached hydrogens (tertiary/aromatic N) is 3. The molecule has 0 amide bonds. The van der Waals surface area contributed by atoms with Crippen molar-refractivity contribution < 1.29 is 0 Å². The largest absolute Gasteiger partial charge is 0.383 e. The fourth-order valence-corrected chi connectivity index (χ4v) is 2.31. The molecule has 0 fully saturated rings. The summed E-state index contributed by atoms with van der Waals surface area (Å²) in [7, 11) is 0. The smallest absolute Gasteiger partial charge is 0.137 e. The third-order valence-corrected chi connectivity index (χ3v) is 2.98. The van der Waals surface area contributed by atoms with E-state index in [0.717, 1.165) is 6.54 Å². The molecular formula is C15H22N4. The quantitative estimate of drug-likeness (QED) is 0.865. The molecule has 0 bridgehead atoms. The van der Waals surface area contributed by atoms with Gasteiger partial charge in [0.1, 0.15) is 12.7 Å². The van der Waals surface area contributed by atoms with Gasteiger partial charge in [0.25, 0.3) is 0 Å². The fraction of sp³-hybridized carbons (Fsp3) is 0.467. The van der Waals surface area contributed by atoms with Crippen LogP contribution in [0.5, 0.6) is 0 Å². The summed E-state index contributed by atoms with van der Waals surface area (Å²) >= 11 is 0. The van der Waals surface area contributed by atoms with E-state index in [9.17, 15) is 0 Å². The molecule has 1 N–H and O–H groups in total. The average molecular weight is 258 g/mol. The molecule has 0 aliphatic heterocycles. The number of hydrogen-bond acceptors (Lipinski definition) is 3. The fourth-order valence-electron chi connectivity index (χ4n) is 2.31. The molecule has 1 aromatic carbocycles. The Hall–Kier alpha value is -1.84. The Morgan fingerprint density at radius 2 is 2.11 bits per heavy atom. The molecule has 2 aromatic rings. The highest BCUT2D eigenvalue weighted by Gasteiger charge is 2.05. The van der Waals surface area contributed by atoms with Gasteiger partial charge in [-0.1, -0.05) is 26.0 Å². The molecule has 0 aliphatic carbocycles. The molecule has 102 valence electrons. The van der Waals surface area contributed by atoms with Gasteiger partial charge in [-0.05, 0) is 37.0 Å². The monoisotopic (exact) mass is 258 g/mol. The number of hydrogen-bond donors (Lipinski definition) is 1. The van der Waals surface area contributed by atoms with E-state index in [1.807, 2.05) is 4.68 Å². The molecule has 0 radical (unpaired) electrons. The van der Waals surface area contributed by atoms with Crippen LogP contribution in [-0.2, 0) is 6.54 Å². The van der Waals surface area contributed by atoms with Gasteiger partial charge in [0.15, 0.2) is 0 Å². The van der Waals surface area contributed by atoms with Crippen LogP contribution in [0.15, 0.2) is 36.9 Å². The van der Waals surface area contributed by atoms with Crippen molar-refractivity contribution in [2.24, 2.45) is 5.92 Å². The molecule has 4 heteroatoms. The average Bonchev–Trinajstić information content (AvgIpc) is 2.81. The van der Waals surface area contributed by atoms with Gasteiger partial charge in [-0.2, -0.15) is 5.10 Å². The molecule has 1 aromatic heterocycles. The van der Waals surface area contributed by atoms with E-state index in [1.165, 1.54) is 17.7 Å². The van der Waals surface area contributed by atoms with Gasteiger partial charge in [-0.3, -0.25) is 0 Å². The molecule has 0 aliphatic rings. The van der Waals surface area contributed by atoms with Gasteiger partial charge in [-0.15, -0.1) is 0 Å². The Kier molecular flexibility index (Phi) is 4.55. The molecule has 1 atom stereocenters. The Morgan fingerprint density at radius 1 is 1.26 bits per heavy atom. The maximum atomic E-state index is 4.13. The van der Waals surface area contributed by atoms with Crippen LogP contribution < -0.4 is 5.32 Å². The third-order valence-electron chi connectivity index (χ3n) is 2.98. The Labute approximate surface area is 114 Å². The van der Waals surface area contributed by atoms with Crippen molar-refractivity contribution in [2.45, 2.75) is 39.8 Å². The topological polar surface area (TPSA) is 42.7 Å². The second-order valence-electron chi connectivity index (χ2n) is 5.47. The SMILES string of the molecule is CC(C)CC(C)Nc1cccc(Cn2cncn2)c1. The van der Waals surface area contributed by atoms with Gasteiger partial charge >= 0.3 is 0 Å². The highest BCUT2D eigenvalue weighted by Crippen LogP contribution is 2.15. The second kappa shape index (κ2) is 6.36. The maximum absolute atomic E-state index is 4.13. The normalized spacial score (nSPS) is 12.6. The summed E-state index contributed by atoms with van der Waals surface area (Å²) in [4.78, 5) is 3.96. The summed E-state index contributed by atoms with van der Waals surface area (Å²) in [5.74, 6) is 0.709. The first-order valence-electron chi connectivity index (χ1n) is 6.81. The van der Waals surface area contributed by atoms with Crippen molar-refractivity contribution in [1.82, 2.24) is 14.8 Å². The Bertz CT molecular complexity index is 491. The van der Waals surface area contributed by atoms with Crippen LogP contribution in [0.4, 0.5) is 5.69 Å². The van der Waals surface area contributed by atoms with E-state index in [1.54, 1.807) is 12.7 Å². The van der Waals surface area contributed by atoms with E-state index in [0.29, 0.717) is 12.0 Å². The van der Waals surface area contributed by atoms with Crippen molar-refractivity contribution in [2.75, 3.05) is 5.32 Å².